The van der Waals surface area contributed by atoms with Gasteiger partial charge in [-0.25, -0.2) is 8.42 Å². The maximum absolute atomic E-state index is 12.3. The molecule has 0 radical (unpaired) electrons. The summed E-state index contributed by atoms with van der Waals surface area (Å²) >= 11 is 1.15. The third-order valence-corrected chi connectivity index (χ3v) is 5.05. The van der Waals surface area contributed by atoms with Gasteiger partial charge in [0, 0.05) is 0 Å². The van der Waals surface area contributed by atoms with Crippen LogP contribution in [0.4, 0.5) is 10.7 Å². The van der Waals surface area contributed by atoms with E-state index in [0.29, 0.717) is 16.1 Å². The number of hydrogen-bond donors (Lipinski definition) is 2. The average molecular weight is 293 g/mol. The van der Waals surface area contributed by atoms with Crippen molar-refractivity contribution in [2.24, 2.45) is 0 Å². The molecule has 3 N–H and O–H groups in total. The molecular weight excluding hydrogens is 282 g/mol. The standard InChI is InChI=1S/C12H11N3O2S2/c1-8-3-2-4-10(14)11(8)19(16,17)15-12-9(7-13)5-6-18-12/h2-6,15H,14H2,1H3. The van der Waals surface area contributed by atoms with E-state index in [0.717, 1.165) is 11.3 Å². The Morgan fingerprint density at radius 2 is 2.11 bits per heavy atom. The minimum atomic E-state index is -3.79. The molecule has 0 amide bonds. The zero-order valence-electron chi connectivity index (χ0n) is 10.0. The van der Waals surface area contributed by atoms with Crippen molar-refractivity contribution < 1.29 is 8.42 Å². The molecule has 0 atom stereocenters. The lowest BCUT2D eigenvalue weighted by molar-refractivity contribution is 0.601. The van der Waals surface area contributed by atoms with E-state index in [1.807, 2.05) is 6.07 Å². The molecule has 0 saturated carbocycles. The minimum absolute atomic E-state index is 0.0484. The molecule has 5 nitrogen and oxygen atoms in total. The van der Waals surface area contributed by atoms with Crippen LogP contribution in [-0.2, 0) is 10.0 Å². The Morgan fingerprint density at radius 3 is 2.74 bits per heavy atom. The number of nitrogens with one attached hydrogen (secondary N) is 1. The number of thiophene rings is 1. The molecule has 1 aromatic carbocycles. The fraction of sp³-hybridized carbons (Fsp3) is 0.0833. The van der Waals surface area contributed by atoms with E-state index in [4.69, 9.17) is 11.0 Å². The topological polar surface area (TPSA) is 96.0 Å². The second-order valence-corrected chi connectivity index (χ2v) is 6.41. The lowest BCUT2D eigenvalue weighted by Gasteiger charge is -2.11. The number of nitriles is 1. The summed E-state index contributed by atoms with van der Waals surface area (Å²) in [4.78, 5) is 0.0484. The van der Waals surface area contributed by atoms with Crippen LogP contribution in [-0.4, -0.2) is 8.42 Å². The highest BCUT2D eigenvalue weighted by atomic mass is 32.2. The predicted octanol–water partition coefficient (Wildman–Crippen LogP) is 2.31. The molecule has 0 aliphatic heterocycles. The fourth-order valence-corrected chi connectivity index (χ4v) is 4.12. The average Bonchev–Trinajstić information content (AvgIpc) is 2.74. The monoisotopic (exact) mass is 293 g/mol. The number of nitrogens with two attached hydrogens (primary N) is 1. The maximum Gasteiger partial charge on any atom is 0.264 e. The molecular formula is C12H11N3O2S2. The third kappa shape index (κ3) is 2.54. The molecule has 98 valence electrons. The Hall–Kier alpha value is -2.04. The number of benzene rings is 1. The Balaban J connectivity index is 2.48. The number of nitrogen functional groups attached to an aromatic ring is 1. The molecule has 0 unspecified atom stereocenters. The van der Waals surface area contributed by atoms with Crippen molar-refractivity contribution in [3.63, 3.8) is 0 Å². The molecule has 2 aromatic rings. The largest absolute Gasteiger partial charge is 0.398 e. The van der Waals surface area contributed by atoms with Crippen LogP contribution in [0.15, 0.2) is 34.5 Å². The summed E-state index contributed by atoms with van der Waals surface area (Å²) in [5.41, 5.74) is 6.76. The first-order valence-corrected chi connectivity index (χ1v) is 7.67. The van der Waals surface area contributed by atoms with Crippen molar-refractivity contribution in [1.82, 2.24) is 0 Å². The first-order valence-electron chi connectivity index (χ1n) is 5.31. The van der Waals surface area contributed by atoms with Crippen molar-refractivity contribution >= 4 is 32.0 Å². The summed E-state index contributed by atoms with van der Waals surface area (Å²) in [6.45, 7) is 1.67. The van der Waals surface area contributed by atoms with Crippen molar-refractivity contribution in [3.05, 3.63) is 40.8 Å². The summed E-state index contributed by atoms with van der Waals surface area (Å²) in [5, 5.41) is 10.8. The van der Waals surface area contributed by atoms with Gasteiger partial charge in [0.1, 0.15) is 16.0 Å². The van der Waals surface area contributed by atoms with Gasteiger partial charge >= 0.3 is 0 Å². The van der Waals surface area contributed by atoms with Crippen molar-refractivity contribution in [3.8, 4) is 6.07 Å². The van der Waals surface area contributed by atoms with Crippen LogP contribution in [0.2, 0.25) is 0 Å². The first kappa shape index (κ1) is 13.4. The van der Waals surface area contributed by atoms with E-state index < -0.39 is 10.0 Å². The SMILES string of the molecule is Cc1cccc(N)c1S(=O)(=O)Nc1sccc1C#N. The highest BCUT2D eigenvalue weighted by Gasteiger charge is 2.21. The zero-order valence-corrected chi connectivity index (χ0v) is 11.7. The molecule has 2 rings (SSSR count). The number of aryl methyl sites for hydroxylation is 1. The highest BCUT2D eigenvalue weighted by molar-refractivity contribution is 7.93. The van der Waals surface area contributed by atoms with Crippen LogP contribution in [0.3, 0.4) is 0 Å². The van der Waals surface area contributed by atoms with E-state index in [2.05, 4.69) is 4.72 Å². The maximum atomic E-state index is 12.3. The van der Waals surface area contributed by atoms with Gasteiger partial charge in [-0.3, -0.25) is 4.72 Å². The quantitative estimate of drug-likeness (QED) is 0.849. The summed E-state index contributed by atoms with van der Waals surface area (Å²) in [5.74, 6) is 0. The zero-order chi connectivity index (χ0) is 14.0. The van der Waals surface area contributed by atoms with Gasteiger partial charge in [-0.2, -0.15) is 5.26 Å². The van der Waals surface area contributed by atoms with Crippen LogP contribution >= 0.6 is 11.3 Å². The van der Waals surface area contributed by atoms with Crippen molar-refractivity contribution in [1.29, 1.82) is 5.26 Å². The molecule has 0 fully saturated rings. The van der Waals surface area contributed by atoms with Gasteiger partial charge in [0.2, 0.25) is 0 Å². The smallest absolute Gasteiger partial charge is 0.264 e. The molecule has 0 aliphatic rings. The predicted molar refractivity (Wildman–Crippen MR) is 75.4 cm³/mol. The Kier molecular flexibility index (Phi) is 3.46. The number of sulfonamides is 1. The second kappa shape index (κ2) is 4.91. The van der Waals surface area contributed by atoms with Gasteiger partial charge in [0.05, 0.1) is 11.3 Å². The van der Waals surface area contributed by atoms with Gasteiger partial charge in [0.15, 0.2) is 0 Å². The molecule has 1 heterocycles. The Labute approximate surface area is 115 Å². The third-order valence-electron chi connectivity index (χ3n) is 2.52. The number of hydrogen-bond acceptors (Lipinski definition) is 5. The second-order valence-electron chi connectivity index (χ2n) is 3.87. The van der Waals surface area contributed by atoms with E-state index in [-0.39, 0.29) is 10.6 Å². The Morgan fingerprint density at radius 1 is 1.37 bits per heavy atom. The number of rotatable bonds is 3. The normalized spacial score (nSPS) is 10.9. The van der Waals surface area contributed by atoms with Gasteiger partial charge in [0.25, 0.3) is 10.0 Å². The van der Waals surface area contributed by atoms with Crippen LogP contribution < -0.4 is 10.5 Å². The van der Waals surface area contributed by atoms with E-state index >= 15 is 0 Å². The number of anilines is 2. The van der Waals surface area contributed by atoms with E-state index in [1.54, 1.807) is 30.5 Å². The van der Waals surface area contributed by atoms with Crippen molar-refractivity contribution in [2.45, 2.75) is 11.8 Å². The van der Waals surface area contributed by atoms with Gasteiger partial charge in [-0.05, 0) is 30.0 Å². The van der Waals surface area contributed by atoms with Gasteiger partial charge in [-0.15, -0.1) is 11.3 Å². The summed E-state index contributed by atoms with van der Waals surface area (Å²) in [6.07, 6.45) is 0. The summed E-state index contributed by atoms with van der Waals surface area (Å²) in [6, 6.07) is 8.38. The molecule has 0 aliphatic carbocycles. The molecule has 0 bridgehead atoms. The van der Waals surface area contributed by atoms with Gasteiger partial charge < -0.3 is 5.73 Å². The van der Waals surface area contributed by atoms with Crippen molar-refractivity contribution in [2.75, 3.05) is 10.5 Å². The minimum Gasteiger partial charge on any atom is -0.398 e. The molecule has 0 saturated heterocycles. The number of nitrogens with zero attached hydrogens (tertiary/aromatic N) is 1. The highest BCUT2D eigenvalue weighted by Crippen LogP contribution is 2.29. The molecule has 19 heavy (non-hydrogen) atoms. The first-order chi connectivity index (χ1) is 8.95. The fourth-order valence-electron chi connectivity index (χ4n) is 1.69. The summed E-state index contributed by atoms with van der Waals surface area (Å²) in [7, 11) is -3.79. The lowest BCUT2D eigenvalue weighted by atomic mass is 10.2. The van der Waals surface area contributed by atoms with E-state index in [1.165, 1.54) is 6.07 Å². The molecule has 0 spiro atoms. The van der Waals surface area contributed by atoms with Crippen LogP contribution in [0.1, 0.15) is 11.1 Å². The summed E-state index contributed by atoms with van der Waals surface area (Å²) < 4.78 is 27.0. The van der Waals surface area contributed by atoms with Crippen LogP contribution in [0, 0.1) is 18.3 Å². The van der Waals surface area contributed by atoms with Crippen LogP contribution in [0.5, 0.6) is 0 Å². The Bertz CT molecular complexity index is 737. The molecule has 7 heteroatoms. The molecule has 1 aromatic heterocycles. The lowest BCUT2D eigenvalue weighted by Crippen LogP contribution is -2.16. The van der Waals surface area contributed by atoms with Gasteiger partial charge in [-0.1, -0.05) is 12.1 Å². The van der Waals surface area contributed by atoms with Crippen LogP contribution in [0.25, 0.3) is 0 Å². The van der Waals surface area contributed by atoms with E-state index in [9.17, 15) is 8.42 Å².